The van der Waals surface area contributed by atoms with E-state index in [0.717, 1.165) is 17.8 Å². The van der Waals surface area contributed by atoms with Gasteiger partial charge in [0.1, 0.15) is 0 Å². The van der Waals surface area contributed by atoms with Gasteiger partial charge in [0.05, 0.1) is 17.0 Å². The maximum absolute atomic E-state index is 11.9. The number of aromatic nitrogens is 3. The maximum atomic E-state index is 11.9. The number of carbonyl (C=O) groups excluding carboxylic acids is 1. The summed E-state index contributed by atoms with van der Waals surface area (Å²) in [5, 5.41) is 21.8. The number of nitrogens with zero attached hydrogens (tertiary/aromatic N) is 2. The zero-order chi connectivity index (χ0) is 16.7. The Morgan fingerprint density at radius 1 is 1.08 bits per heavy atom. The Labute approximate surface area is 137 Å². The minimum atomic E-state index is -0.228. The number of phenolic OH excluding ortho intramolecular Hbond substituents is 2. The van der Waals surface area contributed by atoms with Gasteiger partial charge in [-0.1, -0.05) is 0 Å². The van der Waals surface area contributed by atoms with Gasteiger partial charge in [0.2, 0.25) is 0 Å². The van der Waals surface area contributed by atoms with Gasteiger partial charge in [0.25, 0.3) is 5.91 Å². The van der Waals surface area contributed by atoms with Gasteiger partial charge in [0, 0.05) is 30.4 Å². The Bertz CT molecular complexity index is 949. The van der Waals surface area contributed by atoms with Crippen LogP contribution in [0.15, 0.2) is 36.5 Å². The smallest absolute Gasteiger partial charge is 0.253 e. The molecule has 1 aliphatic heterocycles. The standard InChI is InChI=1S/C17H14N4O3/c22-14-2-1-9(7-15(14)23)16-18-5-4-12(21-16)13-8-10-11(20-13)3-6-19-17(10)24/h1-2,4-5,7-8,20,22-23H,3,6H2,(H,19,24). The Kier molecular flexibility index (Phi) is 3.19. The molecule has 120 valence electrons. The molecule has 0 saturated heterocycles. The van der Waals surface area contributed by atoms with Crippen LogP contribution in [0.2, 0.25) is 0 Å². The third kappa shape index (κ3) is 2.36. The van der Waals surface area contributed by atoms with E-state index in [0.29, 0.717) is 29.2 Å². The number of aromatic hydroxyl groups is 2. The highest BCUT2D eigenvalue weighted by atomic mass is 16.3. The van der Waals surface area contributed by atoms with Crippen LogP contribution in [0.4, 0.5) is 0 Å². The number of nitrogens with one attached hydrogen (secondary N) is 2. The summed E-state index contributed by atoms with van der Waals surface area (Å²) in [5.74, 6) is -0.0946. The SMILES string of the molecule is O=C1NCCc2[nH]c(-c3ccnc(-c4ccc(O)c(O)c4)n3)cc21. The second kappa shape index (κ2) is 5.38. The average Bonchev–Trinajstić information content (AvgIpc) is 3.03. The molecular weight excluding hydrogens is 308 g/mol. The van der Waals surface area contributed by atoms with Crippen LogP contribution < -0.4 is 5.32 Å². The molecule has 0 fully saturated rings. The molecule has 0 spiro atoms. The van der Waals surface area contributed by atoms with Crippen LogP contribution in [-0.2, 0) is 6.42 Å². The van der Waals surface area contributed by atoms with E-state index >= 15 is 0 Å². The van der Waals surface area contributed by atoms with Gasteiger partial charge in [-0.05, 0) is 30.3 Å². The largest absolute Gasteiger partial charge is 0.504 e. The molecule has 0 unspecified atom stereocenters. The zero-order valence-corrected chi connectivity index (χ0v) is 12.6. The topological polar surface area (TPSA) is 111 Å². The minimum absolute atomic E-state index is 0.0866. The molecule has 3 aromatic rings. The third-order valence-electron chi connectivity index (χ3n) is 3.97. The number of H-pyrrole nitrogens is 1. The molecule has 2 aromatic heterocycles. The van der Waals surface area contributed by atoms with Crippen molar-refractivity contribution in [2.45, 2.75) is 6.42 Å². The summed E-state index contributed by atoms with van der Waals surface area (Å²) < 4.78 is 0. The second-order valence-corrected chi connectivity index (χ2v) is 5.55. The van der Waals surface area contributed by atoms with E-state index in [1.54, 1.807) is 24.4 Å². The highest BCUT2D eigenvalue weighted by Crippen LogP contribution is 2.30. The molecule has 1 amide bonds. The quantitative estimate of drug-likeness (QED) is 0.538. The molecule has 0 atom stereocenters. The highest BCUT2D eigenvalue weighted by Gasteiger charge is 2.20. The Morgan fingerprint density at radius 3 is 2.75 bits per heavy atom. The van der Waals surface area contributed by atoms with Gasteiger partial charge in [-0.15, -0.1) is 0 Å². The predicted molar refractivity (Wildman–Crippen MR) is 86.6 cm³/mol. The minimum Gasteiger partial charge on any atom is -0.504 e. The number of carbonyl (C=O) groups is 1. The molecule has 3 heterocycles. The van der Waals surface area contributed by atoms with Crippen LogP contribution in [0.25, 0.3) is 22.8 Å². The lowest BCUT2D eigenvalue weighted by atomic mass is 10.1. The molecule has 4 rings (SSSR count). The van der Waals surface area contributed by atoms with Crippen molar-refractivity contribution in [1.29, 1.82) is 0 Å². The van der Waals surface area contributed by atoms with E-state index in [2.05, 4.69) is 20.3 Å². The summed E-state index contributed by atoms with van der Waals surface area (Å²) >= 11 is 0. The Balaban J connectivity index is 1.75. The number of amides is 1. The first kappa shape index (κ1) is 14.3. The number of phenols is 2. The van der Waals surface area contributed by atoms with Crippen LogP contribution >= 0.6 is 0 Å². The molecule has 0 aliphatic carbocycles. The first-order valence-corrected chi connectivity index (χ1v) is 7.47. The molecule has 1 aromatic carbocycles. The van der Waals surface area contributed by atoms with E-state index in [4.69, 9.17) is 0 Å². The molecular formula is C17H14N4O3. The molecule has 1 aliphatic rings. The number of rotatable bonds is 2. The highest BCUT2D eigenvalue weighted by molar-refractivity contribution is 5.97. The number of fused-ring (bicyclic) bond motifs is 1. The van der Waals surface area contributed by atoms with Gasteiger partial charge in [-0.2, -0.15) is 0 Å². The first-order chi connectivity index (χ1) is 11.6. The van der Waals surface area contributed by atoms with Crippen molar-refractivity contribution in [2.24, 2.45) is 0 Å². The molecule has 4 N–H and O–H groups in total. The monoisotopic (exact) mass is 322 g/mol. The van der Waals surface area contributed by atoms with Crippen molar-refractivity contribution in [3.8, 4) is 34.3 Å². The number of benzene rings is 1. The predicted octanol–water partition coefficient (Wildman–Crippen LogP) is 1.84. The van der Waals surface area contributed by atoms with Crippen LogP contribution in [0.5, 0.6) is 11.5 Å². The van der Waals surface area contributed by atoms with E-state index in [1.807, 2.05) is 0 Å². The van der Waals surface area contributed by atoms with E-state index in [9.17, 15) is 15.0 Å². The summed E-state index contributed by atoms with van der Waals surface area (Å²) in [6.07, 6.45) is 2.37. The average molecular weight is 322 g/mol. The van der Waals surface area contributed by atoms with Gasteiger partial charge < -0.3 is 20.5 Å². The van der Waals surface area contributed by atoms with Crippen LogP contribution in [0.1, 0.15) is 16.1 Å². The first-order valence-electron chi connectivity index (χ1n) is 7.47. The summed E-state index contributed by atoms with van der Waals surface area (Å²) in [7, 11) is 0. The maximum Gasteiger partial charge on any atom is 0.253 e. The van der Waals surface area contributed by atoms with Crippen molar-refractivity contribution in [1.82, 2.24) is 20.3 Å². The van der Waals surface area contributed by atoms with E-state index < -0.39 is 0 Å². The molecule has 0 saturated carbocycles. The summed E-state index contributed by atoms with van der Waals surface area (Å²) in [6, 6.07) is 7.95. The Morgan fingerprint density at radius 2 is 1.96 bits per heavy atom. The number of hydrogen-bond acceptors (Lipinski definition) is 5. The summed E-state index contributed by atoms with van der Waals surface area (Å²) in [4.78, 5) is 23.8. The lowest BCUT2D eigenvalue weighted by Gasteiger charge is -2.10. The summed E-state index contributed by atoms with van der Waals surface area (Å²) in [5.41, 5.74) is 3.51. The van der Waals surface area contributed by atoms with Crippen LogP contribution in [-0.4, -0.2) is 37.6 Å². The fraction of sp³-hybridized carbons (Fsp3) is 0.118. The van der Waals surface area contributed by atoms with Gasteiger partial charge >= 0.3 is 0 Å². The van der Waals surface area contributed by atoms with E-state index in [1.165, 1.54) is 12.1 Å². The van der Waals surface area contributed by atoms with E-state index in [-0.39, 0.29) is 17.4 Å². The van der Waals surface area contributed by atoms with Crippen LogP contribution in [0, 0.1) is 0 Å². The fourth-order valence-electron chi connectivity index (χ4n) is 2.74. The molecule has 24 heavy (non-hydrogen) atoms. The lowest BCUT2D eigenvalue weighted by Crippen LogP contribution is -2.31. The number of hydrogen-bond donors (Lipinski definition) is 4. The zero-order valence-electron chi connectivity index (χ0n) is 12.6. The Hall–Kier alpha value is -3.35. The second-order valence-electron chi connectivity index (χ2n) is 5.55. The van der Waals surface area contributed by atoms with Crippen molar-refractivity contribution in [3.63, 3.8) is 0 Å². The van der Waals surface area contributed by atoms with Gasteiger partial charge in [0.15, 0.2) is 17.3 Å². The molecule has 7 heteroatoms. The van der Waals surface area contributed by atoms with Gasteiger partial charge in [-0.25, -0.2) is 9.97 Å². The molecule has 7 nitrogen and oxygen atoms in total. The van der Waals surface area contributed by atoms with Crippen LogP contribution in [0.3, 0.4) is 0 Å². The van der Waals surface area contributed by atoms with Gasteiger partial charge in [-0.3, -0.25) is 4.79 Å². The van der Waals surface area contributed by atoms with Crippen molar-refractivity contribution in [3.05, 3.63) is 47.8 Å². The number of aromatic amines is 1. The van der Waals surface area contributed by atoms with Crippen molar-refractivity contribution < 1.29 is 15.0 Å². The molecule has 0 bridgehead atoms. The fourth-order valence-corrected chi connectivity index (χ4v) is 2.74. The normalized spacial score (nSPS) is 13.4. The van der Waals surface area contributed by atoms with Crippen molar-refractivity contribution in [2.75, 3.05) is 6.54 Å². The lowest BCUT2D eigenvalue weighted by molar-refractivity contribution is 0.0946. The third-order valence-corrected chi connectivity index (χ3v) is 3.97. The van der Waals surface area contributed by atoms with Crippen molar-refractivity contribution >= 4 is 5.91 Å². The summed E-state index contributed by atoms with van der Waals surface area (Å²) in [6.45, 7) is 0.619. The molecule has 0 radical (unpaired) electrons.